The van der Waals surface area contributed by atoms with Gasteiger partial charge in [-0.2, -0.15) is 9.97 Å². The summed E-state index contributed by atoms with van der Waals surface area (Å²) in [7, 11) is 2.81. The Labute approximate surface area is 413 Å². The van der Waals surface area contributed by atoms with Crippen LogP contribution in [-0.2, 0) is 9.47 Å². The molecule has 0 atom stereocenters. The lowest BCUT2D eigenvalue weighted by atomic mass is 9.91. The van der Waals surface area contributed by atoms with Crippen LogP contribution in [-0.4, -0.2) is 119 Å². The van der Waals surface area contributed by atoms with Crippen molar-refractivity contribution in [3.05, 3.63) is 82.7 Å². The first-order chi connectivity index (χ1) is 33.5. The van der Waals surface area contributed by atoms with Gasteiger partial charge in [-0.1, -0.05) is 20.8 Å². The topological polar surface area (TPSA) is 274 Å². The van der Waals surface area contributed by atoms with E-state index in [1.54, 1.807) is 13.8 Å². The average Bonchev–Trinajstić information content (AvgIpc) is 3.34. The Morgan fingerprint density at radius 2 is 1.04 bits per heavy atom. The number of nitrogen functional groups attached to an aromatic ring is 2. The van der Waals surface area contributed by atoms with Gasteiger partial charge in [0.05, 0.1) is 49.7 Å². The molecule has 2 heterocycles. The Kier molecular flexibility index (Phi) is 25.0. The lowest BCUT2D eigenvalue weighted by Crippen LogP contribution is -2.40. The number of nitrogens with zero attached hydrogens (tertiary/aromatic N) is 5. The van der Waals surface area contributed by atoms with Gasteiger partial charge in [-0.15, -0.1) is 0 Å². The quantitative estimate of drug-likeness (QED) is 0.0462. The molecule has 384 valence electrons. The molecule has 0 unspecified atom stereocenters. The van der Waals surface area contributed by atoms with Crippen LogP contribution >= 0.6 is 11.6 Å². The van der Waals surface area contributed by atoms with Gasteiger partial charge in [0.1, 0.15) is 34.8 Å². The number of hydrogen-bond donors (Lipinski definition) is 6. The fourth-order valence-corrected chi connectivity index (χ4v) is 7.53. The monoisotopic (exact) mass is 999 g/mol. The van der Waals surface area contributed by atoms with Crippen molar-refractivity contribution in [2.45, 2.75) is 110 Å². The van der Waals surface area contributed by atoms with E-state index in [2.05, 4.69) is 66.3 Å². The van der Waals surface area contributed by atoms with Gasteiger partial charge in [0.25, 0.3) is 0 Å². The summed E-state index contributed by atoms with van der Waals surface area (Å²) in [4.78, 5) is 65.8. The molecule has 2 aliphatic carbocycles. The van der Waals surface area contributed by atoms with Crippen LogP contribution in [0.3, 0.4) is 0 Å². The van der Waals surface area contributed by atoms with Crippen molar-refractivity contribution in [3.63, 3.8) is 0 Å². The second-order valence-corrected chi connectivity index (χ2v) is 16.2. The summed E-state index contributed by atoms with van der Waals surface area (Å²) in [5, 5.41) is 9.29. The third kappa shape index (κ3) is 18.8. The van der Waals surface area contributed by atoms with Gasteiger partial charge in [0.2, 0.25) is 23.5 Å². The van der Waals surface area contributed by atoms with Gasteiger partial charge in [0.15, 0.2) is 0 Å². The van der Waals surface area contributed by atoms with E-state index in [-0.39, 0.29) is 69.6 Å². The molecule has 0 radical (unpaired) electrons. The summed E-state index contributed by atoms with van der Waals surface area (Å²) in [6.07, 6.45) is 9.25. The molecule has 6 rings (SSSR count). The number of anilines is 4. The molecule has 2 aliphatic rings. The Bertz CT molecular complexity index is 2290. The average molecular weight is 1000 g/mol. The van der Waals surface area contributed by atoms with Crippen LogP contribution in [0.4, 0.5) is 41.9 Å². The Morgan fingerprint density at radius 1 is 0.643 bits per heavy atom. The third-order valence-electron chi connectivity index (χ3n) is 11.3. The maximum Gasteiger partial charge on any atom is 0.407 e. The number of ether oxygens (including phenoxy) is 4. The van der Waals surface area contributed by atoms with E-state index in [0.29, 0.717) is 25.1 Å². The van der Waals surface area contributed by atoms with Crippen LogP contribution in [0.5, 0.6) is 11.5 Å². The van der Waals surface area contributed by atoms with Crippen molar-refractivity contribution in [2.24, 2.45) is 5.73 Å². The number of benzene rings is 2. The molecular formula is C48H68ClF2N11O8. The number of nitrogens with one attached hydrogen (secondary N) is 3. The third-order valence-corrected chi connectivity index (χ3v) is 11.4. The molecule has 9 N–H and O–H groups in total. The molecule has 0 saturated heterocycles. The predicted molar refractivity (Wildman–Crippen MR) is 266 cm³/mol. The molecule has 1 amide bonds. The summed E-state index contributed by atoms with van der Waals surface area (Å²) >= 11 is 4.72. The van der Waals surface area contributed by atoms with Crippen molar-refractivity contribution in [2.75, 3.05) is 69.2 Å². The summed E-state index contributed by atoms with van der Waals surface area (Å²) < 4.78 is 46.5. The van der Waals surface area contributed by atoms with E-state index < -0.39 is 34.7 Å². The fraction of sp³-hybridized carbons (Fsp3) is 0.500. The maximum atomic E-state index is 13.6. The Balaban J connectivity index is 0.000000298. The SMILES string of the molecule is CCN(CC)CC.CCOC(=O)Cl.CCOC(=O)NC1CCC(Nc2ncc(C(=O)c3cc(F)ccc3OC)c(N)n2)CC1.COc1ccc(F)cc1C(=O)c1cnc(NC2CCC(N)CC2)nc1N. The summed E-state index contributed by atoms with van der Waals surface area (Å²) in [6.45, 7) is 14.3. The molecule has 4 aromatic rings. The van der Waals surface area contributed by atoms with E-state index >= 15 is 0 Å². The number of halogens is 3. The number of nitrogens with two attached hydrogens (primary N) is 3. The minimum absolute atomic E-state index is 0.00789. The molecule has 2 fully saturated rings. The van der Waals surface area contributed by atoms with Gasteiger partial charge >= 0.3 is 11.5 Å². The number of aromatic nitrogens is 4. The first-order valence-electron chi connectivity index (χ1n) is 23.3. The van der Waals surface area contributed by atoms with E-state index in [1.807, 2.05) is 0 Å². The Hall–Kier alpha value is -6.45. The number of methoxy groups -OCH3 is 2. The highest BCUT2D eigenvalue weighted by molar-refractivity contribution is 6.61. The number of amides is 1. The van der Waals surface area contributed by atoms with Crippen LogP contribution < -0.4 is 42.6 Å². The van der Waals surface area contributed by atoms with Gasteiger partial charge in [-0.25, -0.2) is 28.3 Å². The molecule has 2 saturated carbocycles. The highest BCUT2D eigenvalue weighted by Crippen LogP contribution is 2.28. The van der Waals surface area contributed by atoms with Gasteiger partial charge in [-0.3, -0.25) is 9.59 Å². The van der Waals surface area contributed by atoms with Crippen molar-refractivity contribution >= 4 is 58.2 Å². The predicted octanol–water partition coefficient (Wildman–Crippen LogP) is 7.76. The summed E-state index contributed by atoms with van der Waals surface area (Å²) in [5.74, 6) is -0.916. The lowest BCUT2D eigenvalue weighted by Gasteiger charge is -2.29. The van der Waals surface area contributed by atoms with E-state index in [4.69, 9.17) is 43.0 Å². The zero-order valence-corrected chi connectivity index (χ0v) is 41.7. The number of rotatable bonds is 16. The smallest absolute Gasteiger partial charge is 0.407 e. The summed E-state index contributed by atoms with van der Waals surface area (Å²) in [5.41, 5.74) is 17.4. The fourth-order valence-electron chi connectivity index (χ4n) is 7.42. The van der Waals surface area contributed by atoms with E-state index in [1.165, 1.54) is 70.5 Å². The second-order valence-electron chi connectivity index (χ2n) is 15.9. The zero-order valence-electron chi connectivity index (χ0n) is 41.0. The highest BCUT2D eigenvalue weighted by Gasteiger charge is 2.26. The van der Waals surface area contributed by atoms with Crippen molar-refractivity contribution in [3.8, 4) is 11.5 Å². The number of alkyl carbamates (subject to hydrolysis) is 1. The molecule has 22 heteroatoms. The van der Waals surface area contributed by atoms with Crippen molar-refractivity contribution in [1.82, 2.24) is 30.2 Å². The van der Waals surface area contributed by atoms with Crippen LogP contribution in [0.25, 0.3) is 0 Å². The molecule has 70 heavy (non-hydrogen) atoms. The molecule has 0 spiro atoms. The molecule has 0 bridgehead atoms. The normalized spacial score (nSPS) is 17.1. The number of carbonyl (C=O) groups excluding carboxylic acids is 4. The van der Waals surface area contributed by atoms with Crippen molar-refractivity contribution in [1.29, 1.82) is 0 Å². The number of carbonyl (C=O) groups is 4. The van der Waals surface area contributed by atoms with Crippen LogP contribution in [0, 0.1) is 11.6 Å². The second kappa shape index (κ2) is 30.2. The first kappa shape index (κ1) is 57.9. The Morgan fingerprint density at radius 3 is 1.37 bits per heavy atom. The van der Waals surface area contributed by atoms with Gasteiger partial charge < -0.3 is 57.0 Å². The summed E-state index contributed by atoms with van der Waals surface area (Å²) in [6, 6.07) is 8.07. The largest absolute Gasteiger partial charge is 0.496 e. The zero-order chi connectivity index (χ0) is 51.8. The lowest BCUT2D eigenvalue weighted by molar-refractivity contribution is 0.102. The van der Waals surface area contributed by atoms with Crippen molar-refractivity contribution < 1.29 is 46.9 Å². The van der Waals surface area contributed by atoms with E-state index in [9.17, 15) is 28.0 Å². The van der Waals surface area contributed by atoms with E-state index in [0.717, 1.165) is 63.5 Å². The van der Waals surface area contributed by atoms with Gasteiger partial charge in [0, 0.05) is 48.2 Å². The molecule has 0 aliphatic heterocycles. The van der Waals surface area contributed by atoms with Gasteiger partial charge in [-0.05, 0) is 121 Å². The van der Waals surface area contributed by atoms with Crippen LogP contribution in [0.1, 0.15) is 118 Å². The molecule has 2 aromatic carbocycles. The minimum Gasteiger partial charge on any atom is -0.496 e. The standard InChI is InChI=1S/C21H26FN5O4.C18H22FN5O2.C6H15N.C3H5ClO2/c1-3-31-21(29)26-14-7-5-13(6-8-14)25-20-24-11-16(19(23)27-20)18(28)15-10-12(22)4-9-17(15)30-2;1-26-15-7-2-10(19)8-13(15)16(25)14-9-22-18(24-17(14)21)23-12-5-3-11(20)4-6-12;1-4-7(5-2)6-3;1-2-6-3(4)5/h4,9-11,13-14H,3,5-8H2,1-2H3,(H,26,29)(H3,23,24,25,27);2,7-9,11-12H,3-6,20H2,1H3,(H3,21,22,23,24);4-6H2,1-3H3;2H2,1H3. The number of ketones is 2. The number of hydrogen-bond acceptors (Lipinski definition) is 18. The minimum atomic E-state index is -0.738. The van der Waals surface area contributed by atoms with Crippen LogP contribution in [0.2, 0.25) is 0 Å². The van der Waals surface area contributed by atoms with Crippen LogP contribution in [0.15, 0.2) is 48.8 Å². The molecule has 2 aromatic heterocycles. The molecular weight excluding hydrogens is 932 g/mol. The first-order valence-corrected chi connectivity index (χ1v) is 23.7. The maximum absolute atomic E-state index is 13.6. The molecule has 19 nitrogen and oxygen atoms in total. The highest BCUT2D eigenvalue weighted by atomic mass is 35.5.